The molecule has 74 valence electrons. The van der Waals surface area contributed by atoms with Gasteiger partial charge in [0, 0.05) is 3.92 Å². The Morgan fingerprint density at radius 3 is 2.00 bits per heavy atom. The molecule has 0 saturated heterocycles. The average molecular weight is 512 g/mol. The van der Waals surface area contributed by atoms with E-state index in [1.807, 2.05) is 22.6 Å². The van der Waals surface area contributed by atoms with E-state index in [0.29, 0.717) is 0 Å². The van der Waals surface area contributed by atoms with E-state index in [1.54, 1.807) is 0 Å². The van der Waals surface area contributed by atoms with Crippen LogP contribution in [0.15, 0.2) is 0 Å². The lowest BCUT2D eigenvalue weighted by Crippen LogP contribution is -2.42. The summed E-state index contributed by atoms with van der Waals surface area (Å²) in [6.45, 7) is 0. The fourth-order valence-corrected chi connectivity index (χ4v) is 2.38. The van der Waals surface area contributed by atoms with E-state index < -0.39 is 9.90 Å². The van der Waals surface area contributed by atoms with Crippen LogP contribution in [0, 0.1) is 0 Å². The van der Waals surface area contributed by atoms with Crippen LogP contribution in [0.25, 0.3) is 0 Å². The van der Waals surface area contributed by atoms with Crippen molar-refractivity contribution in [2.45, 2.75) is 26.7 Å². The summed E-state index contributed by atoms with van der Waals surface area (Å²) < 4.78 is 0.590. The maximum absolute atomic E-state index is 8.85. The Kier molecular flexibility index (Phi) is 7.66. The van der Waals surface area contributed by atoms with Crippen LogP contribution in [0.2, 0.25) is 0 Å². The van der Waals surface area contributed by atoms with Gasteiger partial charge >= 0.3 is 0 Å². The van der Waals surface area contributed by atoms with Gasteiger partial charge in [-0.3, -0.25) is 0 Å². The Hall–Kier alpha value is 2.07. The van der Waals surface area contributed by atoms with Crippen LogP contribution in [0.3, 0.4) is 0 Å². The topological polar surface area (TPSA) is 60.7 Å². The van der Waals surface area contributed by atoms with Crippen LogP contribution in [0.1, 0.15) is 12.8 Å². The van der Waals surface area contributed by atoms with Gasteiger partial charge in [0.15, 0.2) is 0 Å². The number of hydrogen-bond acceptors (Lipinski definition) is 3. The monoisotopic (exact) mass is 512 g/mol. The highest BCUT2D eigenvalue weighted by Gasteiger charge is 2.34. The van der Waals surface area contributed by atoms with E-state index in [4.69, 9.17) is 15.3 Å². The van der Waals surface area contributed by atoms with E-state index in [2.05, 4.69) is 45.2 Å². The van der Waals surface area contributed by atoms with Crippen molar-refractivity contribution < 1.29 is 15.3 Å². The minimum Gasteiger partial charge on any atom is -0.343 e. The summed E-state index contributed by atoms with van der Waals surface area (Å²) in [4.78, 5) is 0. The molecule has 0 fully saturated rings. The fourth-order valence-electron chi connectivity index (χ4n) is 0.661. The molecule has 0 spiro atoms. The normalized spacial score (nSPS) is 17.5. The summed E-state index contributed by atoms with van der Waals surface area (Å²) >= 11 is 6.25. The molecule has 12 heavy (non-hydrogen) atoms. The molecule has 0 bridgehead atoms. The summed E-state index contributed by atoms with van der Waals surface area (Å²) in [7, 11) is 0. The molecular weight excluding hydrogens is 501 g/mol. The number of hydrogen-bond donors (Lipinski definition) is 3. The van der Waals surface area contributed by atoms with Crippen molar-refractivity contribution in [1.82, 2.24) is 0 Å². The highest BCUT2D eigenvalue weighted by atomic mass is 127. The maximum atomic E-state index is 8.85. The fraction of sp³-hybridized carbons (Fsp3) is 1.00. The summed E-state index contributed by atoms with van der Waals surface area (Å²) in [5, 5.41) is 26.6. The first-order chi connectivity index (χ1) is 5.39. The molecule has 0 aliphatic carbocycles. The van der Waals surface area contributed by atoms with E-state index in [1.165, 1.54) is 0 Å². The Balaban J connectivity index is 3.84. The lowest BCUT2D eigenvalue weighted by atomic mass is 10.2. The van der Waals surface area contributed by atoms with Gasteiger partial charge in [0.05, 0.1) is 0 Å². The molecule has 3 N–H and O–H groups in total. The molecular formula is C6H11I3O3. The van der Waals surface area contributed by atoms with Crippen molar-refractivity contribution in [3.05, 3.63) is 0 Å². The van der Waals surface area contributed by atoms with Crippen LogP contribution >= 0.6 is 67.8 Å². The Morgan fingerprint density at radius 1 is 1.17 bits per heavy atom. The van der Waals surface area contributed by atoms with E-state index in [9.17, 15) is 0 Å². The molecule has 3 nitrogen and oxygen atoms in total. The van der Waals surface area contributed by atoms with Gasteiger partial charge in [0.25, 0.3) is 5.97 Å². The SMILES string of the molecule is OC(O)(O)C(I)C(I)CCCI. The average Bonchev–Trinajstić information content (AvgIpc) is 1.97. The lowest BCUT2D eigenvalue weighted by molar-refractivity contribution is -0.306. The predicted octanol–water partition coefficient (Wildman–Crippen LogP) is 1.44. The highest BCUT2D eigenvalue weighted by Crippen LogP contribution is 2.26. The zero-order chi connectivity index (χ0) is 9.78. The van der Waals surface area contributed by atoms with Crippen LogP contribution in [0.4, 0.5) is 0 Å². The van der Waals surface area contributed by atoms with Crippen LogP contribution in [0.5, 0.6) is 0 Å². The Labute approximate surface area is 113 Å². The van der Waals surface area contributed by atoms with Crippen molar-refractivity contribution in [3.8, 4) is 0 Å². The second-order valence-corrected chi connectivity index (χ2v) is 6.46. The van der Waals surface area contributed by atoms with Gasteiger partial charge in [-0.25, -0.2) is 0 Å². The second-order valence-electron chi connectivity index (χ2n) is 2.44. The van der Waals surface area contributed by atoms with Gasteiger partial charge in [0.2, 0.25) is 0 Å². The van der Waals surface area contributed by atoms with Crippen molar-refractivity contribution in [2.24, 2.45) is 0 Å². The van der Waals surface area contributed by atoms with Crippen molar-refractivity contribution in [3.63, 3.8) is 0 Å². The van der Waals surface area contributed by atoms with Gasteiger partial charge < -0.3 is 15.3 Å². The zero-order valence-corrected chi connectivity index (χ0v) is 12.7. The number of alkyl halides is 3. The zero-order valence-electron chi connectivity index (χ0n) is 6.25. The minimum atomic E-state index is -2.54. The summed E-state index contributed by atoms with van der Waals surface area (Å²) in [5.74, 6) is -2.54. The highest BCUT2D eigenvalue weighted by molar-refractivity contribution is 14.1. The first kappa shape index (κ1) is 14.1. The molecule has 2 unspecified atom stereocenters. The summed E-state index contributed by atoms with van der Waals surface area (Å²) in [6.07, 6.45) is 1.92. The van der Waals surface area contributed by atoms with Gasteiger partial charge in [-0.2, -0.15) is 0 Å². The van der Waals surface area contributed by atoms with Crippen molar-refractivity contribution >= 4 is 67.8 Å². The molecule has 0 aliphatic rings. The van der Waals surface area contributed by atoms with Gasteiger partial charge in [-0.15, -0.1) is 0 Å². The second kappa shape index (κ2) is 6.53. The molecule has 0 heterocycles. The van der Waals surface area contributed by atoms with Crippen LogP contribution in [-0.2, 0) is 0 Å². The summed E-state index contributed by atoms with van der Waals surface area (Å²) in [6, 6.07) is 0. The standard InChI is InChI=1S/C6H11I3O3/c7-3-1-2-4(8)5(9)6(10,11)12/h4-5,10-12H,1-3H2. The molecule has 0 radical (unpaired) electrons. The lowest BCUT2D eigenvalue weighted by Gasteiger charge is -2.24. The minimum absolute atomic E-state index is 0.0814. The number of halogens is 3. The first-order valence-electron chi connectivity index (χ1n) is 3.40. The Morgan fingerprint density at radius 2 is 1.67 bits per heavy atom. The van der Waals surface area contributed by atoms with E-state index >= 15 is 0 Å². The van der Waals surface area contributed by atoms with Crippen molar-refractivity contribution in [1.29, 1.82) is 0 Å². The molecule has 0 aromatic carbocycles. The van der Waals surface area contributed by atoms with Crippen LogP contribution in [-0.4, -0.2) is 33.6 Å². The Bertz CT molecular complexity index is 126. The molecule has 0 amide bonds. The molecule has 0 aromatic rings. The third-order valence-corrected chi connectivity index (χ3v) is 6.49. The predicted molar refractivity (Wildman–Crippen MR) is 73.1 cm³/mol. The largest absolute Gasteiger partial charge is 0.343 e. The molecule has 0 aromatic heterocycles. The van der Waals surface area contributed by atoms with E-state index in [0.717, 1.165) is 17.3 Å². The molecule has 6 heteroatoms. The molecule has 0 rings (SSSR count). The molecule has 0 saturated carbocycles. The first-order valence-corrected chi connectivity index (χ1v) is 7.42. The van der Waals surface area contributed by atoms with Crippen molar-refractivity contribution in [2.75, 3.05) is 4.43 Å². The van der Waals surface area contributed by atoms with Gasteiger partial charge in [0.1, 0.15) is 3.92 Å². The molecule has 0 aliphatic heterocycles. The quantitative estimate of drug-likeness (QED) is 0.297. The number of rotatable bonds is 5. The van der Waals surface area contributed by atoms with Gasteiger partial charge in [-0.05, 0) is 17.3 Å². The molecule has 2 atom stereocenters. The van der Waals surface area contributed by atoms with E-state index in [-0.39, 0.29) is 3.92 Å². The summed E-state index contributed by atoms with van der Waals surface area (Å²) in [5.41, 5.74) is 0. The third kappa shape index (κ3) is 5.73. The number of aliphatic hydroxyl groups is 3. The maximum Gasteiger partial charge on any atom is 0.288 e. The van der Waals surface area contributed by atoms with Gasteiger partial charge in [-0.1, -0.05) is 67.8 Å². The third-order valence-electron chi connectivity index (χ3n) is 1.30. The smallest absolute Gasteiger partial charge is 0.288 e. The van der Waals surface area contributed by atoms with Crippen LogP contribution < -0.4 is 0 Å².